The number of piperazine rings is 1. The van der Waals surface area contributed by atoms with Crippen LogP contribution in [0.4, 0.5) is 21.8 Å². The molecule has 198 valence electrons. The van der Waals surface area contributed by atoms with Gasteiger partial charge in [-0.25, -0.2) is 19.3 Å². The van der Waals surface area contributed by atoms with E-state index in [0.29, 0.717) is 35.2 Å². The third-order valence-corrected chi connectivity index (χ3v) is 8.31. The Labute approximate surface area is 222 Å². The second-order valence-corrected chi connectivity index (χ2v) is 10.6. The topological polar surface area (TPSA) is 86.3 Å². The first-order chi connectivity index (χ1) is 18.5. The molecule has 1 atom stereocenters. The molecule has 7 heterocycles. The number of nitrogens with one attached hydrogen (secondary N) is 2. The Morgan fingerprint density at radius 3 is 2.55 bits per heavy atom. The number of ketones is 1. The van der Waals surface area contributed by atoms with Gasteiger partial charge in [0, 0.05) is 74.9 Å². The Kier molecular flexibility index (Phi) is 6.80. The second-order valence-electron chi connectivity index (χ2n) is 10.6. The first-order valence-electron chi connectivity index (χ1n) is 13.6. The number of benzene rings is 1. The maximum Gasteiger partial charge on any atom is 0.222 e. The van der Waals surface area contributed by atoms with Crippen molar-refractivity contribution in [1.82, 2.24) is 24.8 Å². The molecular weight excluding hydrogens is 481 g/mol. The number of halogens is 1. The fourth-order valence-electron chi connectivity index (χ4n) is 5.82. The lowest BCUT2D eigenvalue weighted by molar-refractivity contribution is -0.127. The van der Waals surface area contributed by atoms with Gasteiger partial charge in [0.15, 0.2) is 11.6 Å². The molecule has 8 nitrogen and oxygen atoms in total. The zero-order chi connectivity index (χ0) is 26.1. The molecule has 1 saturated heterocycles. The van der Waals surface area contributed by atoms with Gasteiger partial charge in [0.2, 0.25) is 5.95 Å². The highest BCUT2D eigenvalue weighted by molar-refractivity contribution is 5.91. The van der Waals surface area contributed by atoms with Crippen LogP contribution in [0.1, 0.15) is 50.6 Å². The van der Waals surface area contributed by atoms with Crippen LogP contribution < -0.4 is 10.6 Å². The van der Waals surface area contributed by atoms with Crippen LogP contribution in [0, 0.1) is 5.82 Å². The van der Waals surface area contributed by atoms with Gasteiger partial charge in [-0.05, 0) is 56.4 Å². The van der Waals surface area contributed by atoms with Gasteiger partial charge in [-0.2, -0.15) is 0 Å². The number of aromatic nitrogens is 3. The van der Waals surface area contributed by atoms with Crippen molar-refractivity contribution in [1.29, 1.82) is 0 Å². The lowest BCUT2D eigenvalue weighted by atomic mass is 10.0. The monoisotopic (exact) mass is 515 g/mol. The fourth-order valence-corrected chi connectivity index (χ4v) is 5.82. The minimum absolute atomic E-state index is 0.0752. The Morgan fingerprint density at radius 1 is 1.00 bits per heavy atom. The summed E-state index contributed by atoms with van der Waals surface area (Å²) in [5.74, 6) is 1.23. The third kappa shape index (κ3) is 4.88. The molecule has 0 amide bonds. The van der Waals surface area contributed by atoms with Crippen LogP contribution in [0.15, 0.2) is 48.9 Å². The van der Waals surface area contributed by atoms with E-state index in [2.05, 4.69) is 42.3 Å². The molecule has 0 radical (unpaired) electrons. The zero-order valence-electron chi connectivity index (χ0n) is 21.8. The van der Waals surface area contributed by atoms with Gasteiger partial charge in [-0.15, -0.1) is 0 Å². The normalized spacial score (nSPS) is 25.0. The van der Waals surface area contributed by atoms with Crippen molar-refractivity contribution in [2.24, 2.45) is 0 Å². The number of pyridine rings is 1. The third-order valence-electron chi connectivity index (χ3n) is 8.31. The van der Waals surface area contributed by atoms with Gasteiger partial charge >= 0.3 is 0 Å². The van der Waals surface area contributed by atoms with Crippen LogP contribution >= 0.6 is 0 Å². The van der Waals surface area contributed by atoms with Crippen LogP contribution in [0.5, 0.6) is 0 Å². The van der Waals surface area contributed by atoms with E-state index in [9.17, 15) is 4.79 Å². The minimum Gasteiger partial charge on any atom is -0.354 e. The predicted octanol–water partition coefficient (Wildman–Crippen LogP) is 4.80. The minimum atomic E-state index is -0.271. The highest BCUT2D eigenvalue weighted by Crippen LogP contribution is 2.44. The quantitative estimate of drug-likeness (QED) is 0.442. The van der Waals surface area contributed by atoms with E-state index in [1.807, 2.05) is 24.3 Å². The highest BCUT2D eigenvalue weighted by Gasteiger charge is 2.53. The van der Waals surface area contributed by atoms with E-state index < -0.39 is 0 Å². The lowest BCUT2D eigenvalue weighted by Crippen LogP contribution is -2.54. The van der Waals surface area contributed by atoms with Crippen LogP contribution in [0.2, 0.25) is 0 Å². The van der Waals surface area contributed by atoms with Crippen molar-refractivity contribution in [2.45, 2.75) is 50.6 Å². The summed E-state index contributed by atoms with van der Waals surface area (Å²) in [5.41, 5.74) is 2.53. The van der Waals surface area contributed by atoms with Crippen molar-refractivity contribution in [2.75, 3.05) is 43.4 Å². The summed E-state index contributed by atoms with van der Waals surface area (Å²) in [6, 6.07) is 9.18. The van der Waals surface area contributed by atoms with Crippen LogP contribution in [-0.2, 0) is 4.79 Å². The Bertz CT molecular complexity index is 1300. The Morgan fingerprint density at radius 2 is 1.79 bits per heavy atom. The largest absolute Gasteiger partial charge is 0.354 e. The molecule has 2 aromatic heterocycles. The highest BCUT2D eigenvalue weighted by atomic mass is 19.1. The maximum atomic E-state index is 15.7. The molecule has 1 saturated carbocycles. The number of anilines is 3. The van der Waals surface area contributed by atoms with Gasteiger partial charge in [0.05, 0.1) is 11.2 Å². The van der Waals surface area contributed by atoms with Crippen LogP contribution in [0.3, 0.4) is 0 Å². The SMILES string of the molecule is CC1c2cccc(c2F)Nc2cc(ccn2)-c2cnc(nc2)NCCCCC(=O)C2(CC2)N2CCN1CC2. The number of hydrogen-bond acceptors (Lipinski definition) is 8. The van der Waals surface area contributed by atoms with E-state index in [-0.39, 0.29) is 17.4 Å². The van der Waals surface area contributed by atoms with Gasteiger partial charge in [0.25, 0.3) is 0 Å². The number of carbonyl (C=O) groups excluding carboxylic acids is 1. The molecule has 9 heteroatoms. The molecule has 38 heavy (non-hydrogen) atoms. The summed E-state index contributed by atoms with van der Waals surface area (Å²) in [6.45, 7) is 6.09. The van der Waals surface area contributed by atoms with Crippen molar-refractivity contribution in [3.8, 4) is 11.1 Å². The molecule has 1 unspecified atom stereocenters. The summed E-state index contributed by atoms with van der Waals surface area (Å²) < 4.78 is 15.7. The first-order valence-corrected chi connectivity index (χ1v) is 13.6. The van der Waals surface area contributed by atoms with Crippen LogP contribution in [-0.4, -0.2) is 68.8 Å². The molecule has 6 aliphatic rings. The second kappa shape index (κ2) is 10.4. The molecule has 2 fully saturated rings. The molecule has 3 aromatic rings. The van der Waals surface area contributed by atoms with E-state index in [1.165, 1.54) is 0 Å². The average molecular weight is 516 g/mol. The molecule has 5 aliphatic heterocycles. The van der Waals surface area contributed by atoms with Gasteiger partial charge in [-0.3, -0.25) is 14.6 Å². The summed E-state index contributed by atoms with van der Waals surface area (Å²) in [5, 5.41) is 6.43. The van der Waals surface area contributed by atoms with Crippen LogP contribution in [0.25, 0.3) is 11.1 Å². The number of Topliss-reactive ketones (excluding diaryl/α,β-unsaturated/α-hetero) is 1. The van der Waals surface area contributed by atoms with Crippen molar-refractivity contribution in [3.05, 3.63) is 60.3 Å². The summed E-state index contributed by atoms with van der Waals surface area (Å²) in [6.07, 6.45) is 9.49. The number of carbonyl (C=O) groups is 1. The fraction of sp³-hybridized carbons (Fsp3) is 0.448. The Hall–Kier alpha value is -3.43. The number of nitrogens with zero attached hydrogens (tertiary/aromatic N) is 5. The van der Waals surface area contributed by atoms with Crippen molar-refractivity contribution < 1.29 is 9.18 Å². The maximum absolute atomic E-state index is 15.7. The van der Waals surface area contributed by atoms with Gasteiger partial charge in [-0.1, -0.05) is 12.1 Å². The Balaban J connectivity index is 1.29. The molecular formula is C29H34FN7O. The smallest absolute Gasteiger partial charge is 0.222 e. The van der Waals surface area contributed by atoms with Gasteiger partial charge in [0.1, 0.15) is 5.82 Å². The van der Waals surface area contributed by atoms with Crippen molar-refractivity contribution >= 4 is 23.2 Å². The average Bonchev–Trinajstić information content (AvgIpc) is 3.76. The molecule has 9 rings (SSSR count). The van der Waals surface area contributed by atoms with E-state index >= 15 is 4.39 Å². The molecule has 1 aromatic carbocycles. The van der Waals surface area contributed by atoms with E-state index in [1.54, 1.807) is 24.7 Å². The molecule has 2 N–H and O–H groups in total. The standard InChI is InChI=1S/C29H34FN7O/c1-20-23-5-4-6-24(27(23)30)35-26-17-21(8-12-31-26)22-18-33-28(34-19-22)32-11-3-2-7-25(38)29(9-10-29)37-15-13-36(20)14-16-37/h4-6,8,12,17-20H,2-3,7,9-11,13-16H2,1H3,(H,31,35)(H,32,33,34). The van der Waals surface area contributed by atoms with Gasteiger partial charge < -0.3 is 10.6 Å². The molecule has 1 aliphatic carbocycles. The predicted molar refractivity (Wildman–Crippen MR) is 146 cm³/mol. The zero-order valence-corrected chi connectivity index (χ0v) is 21.8. The van der Waals surface area contributed by atoms with E-state index in [0.717, 1.165) is 69.5 Å². The van der Waals surface area contributed by atoms with Crippen molar-refractivity contribution in [3.63, 3.8) is 0 Å². The number of hydrogen-bond donors (Lipinski definition) is 2. The number of rotatable bonds is 0. The summed E-state index contributed by atoms with van der Waals surface area (Å²) in [7, 11) is 0. The summed E-state index contributed by atoms with van der Waals surface area (Å²) >= 11 is 0. The summed E-state index contributed by atoms with van der Waals surface area (Å²) in [4.78, 5) is 31.2. The lowest BCUT2D eigenvalue weighted by Gasteiger charge is -2.41. The first kappa shape index (κ1) is 24.9. The molecule has 1 spiro atoms. The molecule has 8 bridgehead atoms. The van der Waals surface area contributed by atoms with E-state index in [4.69, 9.17) is 0 Å².